The second kappa shape index (κ2) is 5.69. The Morgan fingerprint density at radius 1 is 1.44 bits per heavy atom. The normalized spacial score (nSPS) is 12.4. The first-order valence-corrected chi connectivity index (χ1v) is 6.00. The molecule has 0 radical (unpaired) electrons. The molecule has 0 aliphatic carbocycles. The highest BCUT2D eigenvalue weighted by Gasteiger charge is 2.10. The topological polar surface area (TPSA) is 61.3 Å². The Morgan fingerprint density at radius 2 is 2.28 bits per heavy atom. The van der Waals surface area contributed by atoms with Crippen molar-refractivity contribution >= 4 is 0 Å². The maximum Gasteiger partial charge on any atom is 0.198 e. The lowest BCUT2D eigenvalue weighted by molar-refractivity contribution is 0.413. The van der Waals surface area contributed by atoms with Crippen LogP contribution in [-0.2, 0) is 6.42 Å². The summed E-state index contributed by atoms with van der Waals surface area (Å²) in [6.45, 7) is 2.59. The lowest BCUT2D eigenvalue weighted by Crippen LogP contribution is -2.07. The standard InChI is InChI=1S/C14H18N2O2/c1-10(8-15)13-9-16-14(18-13)7-11-4-3-5-12(6-11)17-2/h3-6,9-10H,7-8,15H2,1-2H3. The van der Waals surface area contributed by atoms with Crippen molar-refractivity contribution in [3.8, 4) is 5.75 Å². The van der Waals surface area contributed by atoms with Crippen molar-refractivity contribution in [3.63, 3.8) is 0 Å². The number of hydrogen-bond donors (Lipinski definition) is 1. The largest absolute Gasteiger partial charge is 0.497 e. The SMILES string of the molecule is COc1cccc(Cc2ncc(C(C)CN)o2)c1. The summed E-state index contributed by atoms with van der Waals surface area (Å²) in [5.41, 5.74) is 6.71. The van der Waals surface area contributed by atoms with Crippen LogP contribution in [0, 0.1) is 0 Å². The van der Waals surface area contributed by atoms with Crippen molar-refractivity contribution in [3.05, 3.63) is 47.7 Å². The Hall–Kier alpha value is -1.81. The Morgan fingerprint density at radius 3 is 3.00 bits per heavy atom. The molecule has 0 aliphatic rings. The molecule has 0 amide bonds. The number of benzene rings is 1. The predicted octanol–water partition coefficient (Wildman–Crippen LogP) is 2.34. The summed E-state index contributed by atoms with van der Waals surface area (Å²) < 4.78 is 10.9. The van der Waals surface area contributed by atoms with Crippen LogP contribution in [0.1, 0.15) is 30.1 Å². The first-order valence-electron chi connectivity index (χ1n) is 6.00. The van der Waals surface area contributed by atoms with Gasteiger partial charge in [-0.3, -0.25) is 0 Å². The molecule has 96 valence electrons. The molecule has 18 heavy (non-hydrogen) atoms. The summed E-state index contributed by atoms with van der Waals surface area (Å²) >= 11 is 0. The molecule has 1 heterocycles. The Balaban J connectivity index is 2.11. The fourth-order valence-corrected chi connectivity index (χ4v) is 1.71. The average molecular weight is 246 g/mol. The second-order valence-corrected chi connectivity index (χ2v) is 4.32. The van der Waals surface area contributed by atoms with Crippen LogP contribution >= 0.6 is 0 Å². The molecule has 4 heteroatoms. The zero-order valence-corrected chi connectivity index (χ0v) is 10.7. The van der Waals surface area contributed by atoms with Gasteiger partial charge in [0.15, 0.2) is 5.89 Å². The Kier molecular flexibility index (Phi) is 3.99. The molecule has 0 bridgehead atoms. The van der Waals surface area contributed by atoms with Crippen molar-refractivity contribution in [1.82, 2.24) is 4.98 Å². The number of methoxy groups -OCH3 is 1. The number of nitrogens with zero attached hydrogens (tertiary/aromatic N) is 1. The van der Waals surface area contributed by atoms with Gasteiger partial charge >= 0.3 is 0 Å². The maximum absolute atomic E-state index is 5.68. The van der Waals surface area contributed by atoms with E-state index in [0.29, 0.717) is 18.9 Å². The van der Waals surface area contributed by atoms with Crippen LogP contribution in [0.25, 0.3) is 0 Å². The number of nitrogens with two attached hydrogens (primary N) is 1. The minimum Gasteiger partial charge on any atom is -0.497 e. The van der Waals surface area contributed by atoms with Gasteiger partial charge in [-0.15, -0.1) is 0 Å². The smallest absolute Gasteiger partial charge is 0.198 e. The van der Waals surface area contributed by atoms with E-state index in [0.717, 1.165) is 17.1 Å². The van der Waals surface area contributed by atoms with E-state index in [-0.39, 0.29) is 5.92 Å². The highest BCUT2D eigenvalue weighted by molar-refractivity contribution is 5.29. The molecule has 2 aromatic rings. The van der Waals surface area contributed by atoms with Crippen molar-refractivity contribution in [1.29, 1.82) is 0 Å². The van der Waals surface area contributed by atoms with Crippen molar-refractivity contribution in [2.24, 2.45) is 5.73 Å². The molecular formula is C14H18N2O2. The highest BCUT2D eigenvalue weighted by atomic mass is 16.5. The fraction of sp³-hybridized carbons (Fsp3) is 0.357. The molecule has 0 saturated carbocycles. The lowest BCUT2D eigenvalue weighted by Gasteiger charge is -2.03. The first-order chi connectivity index (χ1) is 8.72. The Bertz CT molecular complexity index is 508. The zero-order chi connectivity index (χ0) is 13.0. The molecule has 1 aromatic carbocycles. The number of aromatic nitrogens is 1. The third-order valence-electron chi connectivity index (χ3n) is 2.90. The van der Waals surface area contributed by atoms with Gasteiger partial charge in [0.2, 0.25) is 0 Å². The summed E-state index contributed by atoms with van der Waals surface area (Å²) in [6.07, 6.45) is 2.42. The van der Waals surface area contributed by atoms with Gasteiger partial charge in [-0.2, -0.15) is 0 Å². The van der Waals surface area contributed by atoms with E-state index in [9.17, 15) is 0 Å². The molecule has 0 spiro atoms. The summed E-state index contributed by atoms with van der Waals surface area (Å²) in [5, 5.41) is 0. The molecule has 0 saturated heterocycles. The quantitative estimate of drug-likeness (QED) is 0.879. The number of rotatable bonds is 5. The minimum absolute atomic E-state index is 0.205. The number of hydrogen-bond acceptors (Lipinski definition) is 4. The predicted molar refractivity (Wildman–Crippen MR) is 69.8 cm³/mol. The number of oxazole rings is 1. The van der Waals surface area contributed by atoms with Crippen LogP contribution in [0.3, 0.4) is 0 Å². The molecule has 0 fully saturated rings. The van der Waals surface area contributed by atoms with Gasteiger partial charge in [0.05, 0.1) is 13.3 Å². The van der Waals surface area contributed by atoms with Crippen LogP contribution in [0.4, 0.5) is 0 Å². The average Bonchev–Trinajstić information content (AvgIpc) is 2.86. The van der Waals surface area contributed by atoms with E-state index < -0.39 is 0 Å². The summed E-state index contributed by atoms with van der Waals surface area (Å²) in [5.74, 6) is 2.60. The van der Waals surface area contributed by atoms with Crippen molar-refractivity contribution < 1.29 is 9.15 Å². The van der Waals surface area contributed by atoms with E-state index in [2.05, 4.69) is 4.98 Å². The molecule has 1 aromatic heterocycles. The van der Waals surface area contributed by atoms with Gasteiger partial charge in [-0.1, -0.05) is 19.1 Å². The van der Waals surface area contributed by atoms with Crippen molar-refractivity contribution in [2.75, 3.05) is 13.7 Å². The molecular weight excluding hydrogens is 228 g/mol. The molecule has 1 unspecified atom stereocenters. The van der Waals surface area contributed by atoms with Crippen LogP contribution in [-0.4, -0.2) is 18.6 Å². The summed E-state index contributed by atoms with van der Waals surface area (Å²) in [4.78, 5) is 4.27. The first kappa shape index (κ1) is 12.6. The van der Waals surface area contributed by atoms with Crippen LogP contribution in [0.15, 0.2) is 34.9 Å². The molecule has 0 aliphatic heterocycles. The van der Waals surface area contributed by atoms with Crippen LogP contribution in [0.5, 0.6) is 5.75 Å². The highest BCUT2D eigenvalue weighted by Crippen LogP contribution is 2.19. The second-order valence-electron chi connectivity index (χ2n) is 4.32. The number of ether oxygens (including phenoxy) is 1. The van der Waals surface area contributed by atoms with Gasteiger partial charge in [-0.25, -0.2) is 4.98 Å². The third-order valence-corrected chi connectivity index (χ3v) is 2.90. The third kappa shape index (κ3) is 2.90. The zero-order valence-electron chi connectivity index (χ0n) is 10.7. The molecule has 4 nitrogen and oxygen atoms in total. The van der Waals surface area contributed by atoms with E-state index in [4.69, 9.17) is 14.9 Å². The van der Waals surface area contributed by atoms with Gasteiger partial charge in [0, 0.05) is 18.9 Å². The van der Waals surface area contributed by atoms with E-state index in [1.807, 2.05) is 31.2 Å². The maximum atomic E-state index is 5.68. The monoisotopic (exact) mass is 246 g/mol. The van der Waals surface area contributed by atoms with E-state index >= 15 is 0 Å². The summed E-state index contributed by atoms with van der Waals surface area (Å²) in [6, 6.07) is 7.89. The summed E-state index contributed by atoms with van der Waals surface area (Å²) in [7, 11) is 1.66. The molecule has 2 N–H and O–H groups in total. The van der Waals surface area contributed by atoms with Gasteiger partial charge in [0.1, 0.15) is 11.5 Å². The minimum atomic E-state index is 0.205. The van der Waals surface area contributed by atoms with E-state index in [1.165, 1.54) is 0 Å². The molecule has 1 atom stereocenters. The lowest BCUT2D eigenvalue weighted by atomic mass is 10.1. The van der Waals surface area contributed by atoms with Crippen LogP contribution < -0.4 is 10.5 Å². The van der Waals surface area contributed by atoms with Crippen LogP contribution in [0.2, 0.25) is 0 Å². The van der Waals surface area contributed by atoms with E-state index in [1.54, 1.807) is 13.3 Å². The van der Waals surface area contributed by atoms with Crippen molar-refractivity contribution in [2.45, 2.75) is 19.3 Å². The fourth-order valence-electron chi connectivity index (χ4n) is 1.71. The van der Waals surface area contributed by atoms with Gasteiger partial charge < -0.3 is 14.9 Å². The van der Waals surface area contributed by atoms with Gasteiger partial charge in [-0.05, 0) is 17.7 Å². The Labute approximate surface area is 107 Å². The molecule has 2 rings (SSSR count). The van der Waals surface area contributed by atoms with Gasteiger partial charge in [0.25, 0.3) is 0 Å².